The van der Waals surface area contributed by atoms with Crippen molar-refractivity contribution >= 4 is 11.7 Å². The van der Waals surface area contributed by atoms with Crippen LogP contribution < -0.4 is 11.2 Å². The van der Waals surface area contributed by atoms with E-state index in [-0.39, 0.29) is 19.7 Å². The highest BCUT2D eigenvalue weighted by Gasteiger charge is 2.18. The molecule has 0 amide bonds. The van der Waals surface area contributed by atoms with Crippen molar-refractivity contribution in [2.24, 2.45) is 0 Å². The third-order valence-corrected chi connectivity index (χ3v) is 2.58. The van der Waals surface area contributed by atoms with Gasteiger partial charge in [0.2, 0.25) is 0 Å². The Morgan fingerprint density at radius 2 is 2.10 bits per heavy atom. The Morgan fingerprint density at radius 1 is 1.43 bits per heavy atom. The number of rotatable bonds is 6. The molecule has 0 N–H and O–H groups in total. The minimum absolute atomic E-state index is 0.182. The van der Waals surface area contributed by atoms with E-state index in [9.17, 15) is 24.5 Å². The Labute approximate surface area is 119 Å². The van der Waals surface area contributed by atoms with Crippen molar-refractivity contribution in [3.05, 3.63) is 49.3 Å². The molecule has 0 unspecified atom stereocenters. The van der Waals surface area contributed by atoms with Crippen LogP contribution in [0.4, 0.5) is 5.69 Å². The zero-order valence-corrected chi connectivity index (χ0v) is 11.6. The fourth-order valence-electron chi connectivity index (χ4n) is 1.60. The van der Waals surface area contributed by atoms with Crippen LogP contribution >= 0.6 is 0 Å². The minimum Gasteiger partial charge on any atom is -0.463 e. The van der Waals surface area contributed by atoms with Crippen LogP contribution in [0.15, 0.2) is 27.9 Å². The van der Waals surface area contributed by atoms with Crippen LogP contribution in [0, 0.1) is 10.1 Å². The second-order valence-electron chi connectivity index (χ2n) is 3.91. The molecule has 1 aromatic heterocycles. The first kappa shape index (κ1) is 16.3. The van der Waals surface area contributed by atoms with Crippen molar-refractivity contribution in [2.75, 3.05) is 6.61 Å². The van der Waals surface area contributed by atoms with Crippen molar-refractivity contribution < 1.29 is 14.5 Å². The van der Waals surface area contributed by atoms with Crippen LogP contribution in [-0.4, -0.2) is 26.6 Å². The topological polar surface area (TPSA) is 113 Å². The highest BCUT2D eigenvalue weighted by molar-refractivity contribution is 5.81. The van der Waals surface area contributed by atoms with E-state index in [1.54, 1.807) is 13.8 Å². The molecule has 0 aliphatic carbocycles. The van der Waals surface area contributed by atoms with Crippen molar-refractivity contribution in [1.82, 2.24) is 9.13 Å². The van der Waals surface area contributed by atoms with Crippen molar-refractivity contribution in [3.8, 4) is 0 Å². The summed E-state index contributed by atoms with van der Waals surface area (Å²) in [5, 5.41) is 10.8. The molecule has 0 aromatic carbocycles. The lowest BCUT2D eigenvalue weighted by atomic mass is 10.4. The van der Waals surface area contributed by atoms with Gasteiger partial charge in [0, 0.05) is 19.2 Å². The fraction of sp³-hybridized carbons (Fsp3) is 0.417. The van der Waals surface area contributed by atoms with Crippen LogP contribution in [0.1, 0.15) is 13.8 Å². The van der Waals surface area contributed by atoms with Crippen LogP contribution in [0.5, 0.6) is 0 Å². The molecule has 0 radical (unpaired) electrons. The molecule has 114 valence electrons. The van der Waals surface area contributed by atoms with Gasteiger partial charge in [-0.3, -0.25) is 24.0 Å². The first-order valence-electron chi connectivity index (χ1n) is 6.24. The molecule has 0 atom stereocenters. The second kappa shape index (κ2) is 7.17. The number of hydrogen-bond acceptors (Lipinski definition) is 6. The zero-order chi connectivity index (χ0) is 16.0. The summed E-state index contributed by atoms with van der Waals surface area (Å²) in [6.45, 7) is 3.38. The van der Waals surface area contributed by atoms with Gasteiger partial charge in [-0.1, -0.05) is 6.08 Å². The van der Waals surface area contributed by atoms with Gasteiger partial charge in [0.25, 0.3) is 0 Å². The lowest BCUT2D eigenvalue weighted by Crippen LogP contribution is -2.40. The zero-order valence-electron chi connectivity index (χ0n) is 11.6. The summed E-state index contributed by atoms with van der Waals surface area (Å²) in [5.74, 6) is -0.619. The Morgan fingerprint density at radius 3 is 2.62 bits per heavy atom. The maximum Gasteiger partial charge on any atom is 0.350 e. The Balaban J connectivity index is 3.20. The van der Waals surface area contributed by atoms with Crippen molar-refractivity contribution in [3.63, 3.8) is 0 Å². The van der Waals surface area contributed by atoms with Crippen molar-refractivity contribution in [2.45, 2.75) is 26.9 Å². The number of ether oxygens (including phenoxy) is 1. The maximum atomic E-state index is 12.0. The van der Waals surface area contributed by atoms with Gasteiger partial charge in [-0.15, -0.1) is 0 Å². The highest BCUT2D eigenvalue weighted by Crippen LogP contribution is 2.00. The molecule has 0 aliphatic rings. The Hall–Kier alpha value is -2.71. The molecule has 0 fully saturated rings. The first-order chi connectivity index (χ1) is 9.92. The largest absolute Gasteiger partial charge is 0.463 e. The lowest BCUT2D eigenvalue weighted by molar-refractivity contribution is -0.387. The smallest absolute Gasteiger partial charge is 0.350 e. The predicted octanol–water partition coefficient (Wildman–Crippen LogP) is 0.0574. The van der Waals surface area contributed by atoms with E-state index in [4.69, 9.17) is 0 Å². The highest BCUT2D eigenvalue weighted by atomic mass is 16.6. The summed E-state index contributed by atoms with van der Waals surface area (Å²) in [6, 6.07) is 0. The molecule has 21 heavy (non-hydrogen) atoms. The van der Waals surface area contributed by atoms with Gasteiger partial charge >= 0.3 is 22.9 Å². The van der Waals surface area contributed by atoms with Gasteiger partial charge < -0.3 is 4.74 Å². The van der Waals surface area contributed by atoms with E-state index >= 15 is 0 Å². The molecule has 0 bridgehead atoms. The number of aryl methyl sites for hydroxylation is 1. The number of hydrogen-bond donors (Lipinski definition) is 0. The third kappa shape index (κ3) is 3.88. The van der Waals surface area contributed by atoms with Gasteiger partial charge in [-0.05, 0) is 13.8 Å². The normalized spacial score (nSPS) is 10.8. The average molecular weight is 297 g/mol. The molecule has 9 heteroatoms. The number of carbonyl (C=O) groups excluding carboxylic acids is 1. The average Bonchev–Trinajstić information content (AvgIpc) is 2.42. The summed E-state index contributed by atoms with van der Waals surface area (Å²) < 4.78 is 6.39. The standard InChI is InChI=1S/C12H15N3O6/c1-3-13-8-9(15(19)20)11(17)14(12(13)18)7-5-6-10(16)21-4-2/h5-6,8H,3-4,7H2,1-2H3/b6-5+. The van der Waals surface area contributed by atoms with E-state index in [1.165, 1.54) is 6.08 Å². The third-order valence-electron chi connectivity index (χ3n) is 2.58. The fourth-order valence-corrected chi connectivity index (χ4v) is 1.60. The molecular weight excluding hydrogens is 282 g/mol. The van der Waals surface area contributed by atoms with Gasteiger partial charge in [0.1, 0.15) is 0 Å². The Kier molecular flexibility index (Phi) is 5.58. The lowest BCUT2D eigenvalue weighted by Gasteiger charge is -2.06. The number of aromatic nitrogens is 2. The minimum atomic E-state index is -1.01. The molecule has 0 spiro atoms. The molecule has 9 nitrogen and oxygen atoms in total. The second-order valence-corrected chi connectivity index (χ2v) is 3.91. The summed E-state index contributed by atoms with van der Waals surface area (Å²) in [5.41, 5.74) is -2.38. The number of nitrogens with zero attached hydrogens (tertiary/aromatic N) is 3. The molecule has 0 saturated carbocycles. The van der Waals surface area contributed by atoms with Crippen LogP contribution in [0.3, 0.4) is 0 Å². The van der Waals surface area contributed by atoms with Gasteiger partial charge in [0.15, 0.2) is 0 Å². The van der Waals surface area contributed by atoms with Gasteiger partial charge in [0.05, 0.1) is 17.7 Å². The number of nitro groups is 1. The number of carbonyl (C=O) groups is 1. The van der Waals surface area contributed by atoms with Gasteiger partial charge in [-0.2, -0.15) is 0 Å². The molecular formula is C12H15N3O6. The van der Waals surface area contributed by atoms with Crippen LogP contribution in [-0.2, 0) is 22.6 Å². The van der Waals surface area contributed by atoms with E-state index in [0.717, 1.165) is 16.8 Å². The van der Waals surface area contributed by atoms with E-state index in [2.05, 4.69) is 4.74 Å². The van der Waals surface area contributed by atoms with Crippen LogP contribution in [0.2, 0.25) is 0 Å². The number of allylic oxidation sites excluding steroid dienone is 1. The Bertz CT molecular complexity index is 685. The van der Waals surface area contributed by atoms with Crippen molar-refractivity contribution in [1.29, 1.82) is 0 Å². The summed E-state index contributed by atoms with van der Waals surface area (Å²) in [6.07, 6.45) is 3.21. The monoisotopic (exact) mass is 297 g/mol. The molecule has 0 aliphatic heterocycles. The maximum absolute atomic E-state index is 12.0. The van der Waals surface area contributed by atoms with E-state index < -0.39 is 27.8 Å². The first-order valence-corrected chi connectivity index (χ1v) is 6.24. The SMILES string of the molecule is CCOC(=O)/C=C/Cn1c(=O)c([N+](=O)[O-])cn(CC)c1=O. The molecule has 1 aromatic rings. The molecule has 1 heterocycles. The summed E-state index contributed by atoms with van der Waals surface area (Å²) in [7, 11) is 0. The van der Waals surface area contributed by atoms with E-state index in [1.807, 2.05) is 0 Å². The molecule has 0 saturated heterocycles. The summed E-state index contributed by atoms with van der Waals surface area (Å²) >= 11 is 0. The van der Waals surface area contributed by atoms with Crippen LogP contribution in [0.25, 0.3) is 0 Å². The molecule has 1 rings (SSSR count). The van der Waals surface area contributed by atoms with Gasteiger partial charge in [-0.25, -0.2) is 9.59 Å². The predicted molar refractivity (Wildman–Crippen MR) is 73.1 cm³/mol. The number of esters is 1. The van der Waals surface area contributed by atoms with E-state index in [0.29, 0.717) is 4.57 Å². The summed E-state index contributed by atoms with van der Waals surface area (Å²) in [4.78, 5) is 44.9. The quantitative estimate of drug-likeness (QED) is 0.317.